The van der Waals surface area contributed by atoms with Crippen LogP contribution in [0.3, 0.4) is 0 Å². The van der Waals surface area contributed by atoms with Crippen molar-refractivity contribution in [2.24, 2.45) is 5.73 Å². The van der Waals surface area contributed by atoms with E-state index in [4.69, 9.17) is 5.73 Å². The molecule has 7 N–H and O–H groups in total. The van der Waals surface area contributed by atoms with Gasteiger partial charge in [-0.2, -0.15) is 11.8 Å². The molecule has 0 bridgehead atoms. The Hall–Kier alpha value is -3.61. The summed E-state index contributed by atoms with van der Waals surface area (Å²) in [5, 5.41) is 20.2. The van der Waals surface area contributed by atoms with Gasteiger partial charge in [0.2, 0.25) is 29.5 Å². The van der Waals surface area contributed by atoms with Gasteiger partial charge in [-0.15, -0.1) is 0 Å². The third-order valence-electron chi connectivity index (χ3n) is 8.71. The van der Waals surface area contributed by atoms with Crippen LogP contribution < -0.4 is 27.0 Å². The average Bonchev–Trinajstić information content (AvgIpc) is 3.09. The number of unbranched alkanes of at least 4 members (excludes halogenated alkanes) is 12. The summed E-state index contributed by atoms with van der Waals surface area (Å²) in [5.41, 5.74) is 5.83. The number of amides is 5. The fraction of sp³-hybridized carbons (Fsp3) is 0.684. The highest BCUT2D eigenvalue weighted by Gasteiger charge is 2.27. The number of phenolic OH excluding ortho intramolecular Hbond substituents is 1. The summed E-state index contributed by atoms with van der Waals surface area (Å²) >= 11 is 1.54. The molecule has 0 aliphatic heterocycles. The summed E-state index contributed by atoms with van der Waals surface area (Å²) < 4.78 is 0. The van der Waals surface area contributed by atoms with Crippen molar-refractivity contribution in [1.29, 1.82) is 0 Å². The van der Waals surface area contributed by atoms with Gasteiger partial charge in [0.25, 0.3) is 0 Å². The van der Waals surface area contributed by atoms with E-state index in [1.54, 1.807) is 23.9 Å². The Balaban J connectivity index is 2.61. The van der Waals surface area contributed by atoms with Crippen LogP contribution in [0.15, 0.2) is 24.3 Å². The Labute approximate surface area is 309 Å². The number of hydrogen-bond donors (Lipinski definition) is 6. The molecule has 12 nitrogen and oxygen atoms in total. The quantitative estimate of drug-likeness (QED) is 0.0617. The van der Waals surface area contributed by atoms with E-state index in [9.17, 15) is 33.9 Å². The second kappa shape index (κ2) is 28.0. The SMILES string of the molecule is CCCCCCCCCCCCCCCC(=O)N[C@@H](CCSC)C(=O)NCC(=O)N[C@@H](Cc1ccc(O)cc1)C(=O)N[C@@H](CCC(N)=O)C(C)=O. The summed E-state index contributed by atoms with van der Waals surface area (Å²) in [4.78, 5) is 75.4. The maximum atomic E-state index is 13.2. The molecule has 1 aromatic carbocycles. The molecule has 0 fully saturated rings. The van der Waals surface area contributed by atoms with Crippen molar-refractivity contribution >= 4 is 47.1 Å². The molecule has 13 heteroatoms. The van der Waals surface area contributed by atoms with Gasteiger partial charge in [0, 0.05) is 19.3 Å². The molecular formula is C38H63N5O7S. The van der Waals surface area contributed by atoms with E-state index in [1.807, 2.05) is 6.26 Å². The van der Waals surface area contributed by atoms with Crippen molar-refractivity contribution in [2.45, 2.75) is 148 Å². The Morgan fingerprint density at radius 3 is 1.76 bits per heavy atom. The number of rotatable bonds is 30. The van der Waals surface area contributed by atoms with Crippen LogP contribution in [0.1, 0.15) is 129 Å². The zero-order valence-electron chi connectivity index (χ0n) is 31.1. The summed E-state index contributed by atoms with van der Waals surface area (Å²) in [6.07, 6.45) is 18.3. The average molecular weight is 734 g/mol. The maximum Gasteiger partial charge on any atom is 0.243 e. The van der Waals surface area contributed by atoms with Crippen LogP contribution >= 0.6 is 11.8 Å². The number of nitrogens with one attached hydrogen (secondary N) is 4. The van der Waals surface area contributed by atoms with Crippen LogP contribution in [0, 0.1) is 0 Å². The number of carbonyl (C=O) groups excluding carboxylic acids is 6. The molecule has 5 amide bonds. The van der Waals surface area contributed by atoms with E-state index >= 15 is 0 Å². The molecule has 0 spiro atoms. The largest absolute Gasteiger partial charge is 0.508 e. The van der Waals surface area contributed by atoms with Gasteiger partial charge in [-0.25, -0.2) is 0 Å². The first-order valence-electron chi connectivity index (χ1n) is 18.7. The predicted octanol–water partition coefficient (Wildman–Crippen LogP) is 4.59. The lowest BCUT2D eigenvalue weighted by Crippen LogP contribution is -2.54. The Bertz CT molecular complexity index is 1200. The highest BCUT2D eigenvalue weighted by atomic mass is 32.2. The minimum atomic E-state index is -1.14. The summed E-state index contributed by atoms with van der Waals surface area (Å²) in [5.74, 6) is -2.35. The highest BCUT2D eigenvalue weighted by Crippen LogP contribution is 2.14. The number of hydrogen-bond acceptors (Lipinski definition) is 8. The molecule has 1 rings (SSSR count). The monoisotopic (exact) mass is 733 g/mol. The van der Waals surface area contributed by atoms with Gasteiger partial charge in [-0.1, -0.05) is 96.1 Å². The van der Waals surface area contributed by atoms with Gasteiger partial charge in [0.15, 0.2) is 5.78 Å². The number of aromatic hydroxyl groups is 1. The molecule has 3 atom stereocenters. The molecule has 0 saturated carbocycles. The molecule has 0 aromatic heterocycles. The number of ketones is 1. The van der Waals surface area contributed by atoms with Crippen LogP contribution in [-0.4, -0.2) is 77.1 Å². The fourth-order valence-corrected chi connectivity index (χ4v) is 6.09. The standard InChI is InChI=1S/C38H63N5O7S/c1-4-5-6-7-8-9-10-11-12-13-14-15-16-17-35(47)41-32(24-25-51-3)37(49)40-27-36(48)42-33(26-29-18-20-30(45)21-19-29)38(50)43-31(28(2)44)22-23-34(39)46/h18-21,31-33,45H,4-17,22-27H2,1-3H3,(H2,39,46)(H,40,49)(H,41,47)(H,42,48)(H,43,50)/t31-,32-,33-/m0/s1. The van der Waals surface area contributed by atoms with E-state index in [0.29, 0.717) is 24.2 Å². The number of nitrogens with two attached hydrogens (primary N) is 1. The minimum Gasteiger partial charge on any atom is -0.508 e. The molecule has 51 heavy (non-hydrogen) atoms. The van der Waals surface area contributed by atoms with Crippen LogP contribution in [0.4, 0.5) is 0 Å². The van der Waals surface area contributed by atoms with Crippen molar-refractivity contribution in [3.63, 3.8) is 0 Å². The van der Waals surface area contributed by atoms with E-state index < -0.39 is 48.3 Å². The first kappa shape index (κ1) is 45.4. The molecule has 0 aliphatic rings. The lowest BCUT2D eigenvalue weighted by molar-refractivity contribution is -0.132. The molecule has 0 saturated heterocycles. The van der Waals surface area contributed by atoms with Crippen molar-refractivity contribution in [1.82, 2.24) is 21.3 Å². The topological polar surface area (TPSA) is 197 Å². The lowest BCUT2D eigenvalue weighted by Gasteiger charge is -2.23. The smallest absolute Gasteiger partial charge is 0.243 e. The number of primary amides is 1. The molecule has 0 unspecified atom stereocenters. The molecule has 0 aliphatic carbocycles. The third kappa shape index (κ3) is 22.7. The van der Waals surface area contributed by atoms with E-state index in [0.717, 1.165) is 19.3 Å². The second-order valence-corrected chi connectivity index (χ2v) is 14.3. The van der Waals surface area contributed by atoms with Crippen molar-refractivity contribution in [3.8, 4) is 5.75 Å². The van der Waals surface area contributed by atoms with Crippen LogP contribution in [0.5, 0.6) is 5.75 Å². The molecule has 1 aromatic rings. The number of benzene rings is 1. The summed E-state index contributed by atoms with van der Waals surface area (Å²) in [7, 11) is 0. The van der Waals surface area contributed by atoms with Gasteiger partial charge >= 0.3 is 0 Å². The van der Waals surface area contributed by atoms with Gasteiger partial charge in [-0.05, 0) is 55.9 Å². The Morgan fingerprint density at radius 1 is 0.686 bits per heavy atom. The van der Waals surface area contributed by atoms with Gasteiger partial charge in [0.1, 0.15) is 17.8 Å². The zero-order chi connectivity index (χ0) is 37.9. The fourth-order valence-electron chi connectivity index (χ4n) is 5.62. The normalized spacial score (nSPS) is 12.7. The number of thioether (sulfide) groups is 1. The molecule has 0 heterocycles. The van der Waals surface area contributed by atoms with Gasteiger partial charge < -0.3 is 32.1 Å². The Kier molecular flexibility index (Phi) is 25.0. The molecule has 288 valence electrons. The number of Topliss-reactive ketones (excluding diaryl/α,β-unsaturated/α-hetero) is 1. The highest BCUT2D eigenvalue weighted by molar-refractivity contribution is 7.98. The Morgan fingerprint density at radius 2 is 1.24 bits per heavy atom. The van der Waals surface area contributed by atoms with Crippen molar-refractivity contribution in [2.75, 3.05) is 18.6 Å². The zero-order valence-corrected chi connectivity index (χ0v) is 31.9. The molecular weight excluding hydrogens is 671 g/mol. The van der Waals surface area contributed by atoms with Crippen LogP contribution in [0.25, 0.3) is 0 Å². The summed E-state index contributed by atoms with van der Waals surface area (Å²) in [6, 6.07) is 3.15. The van der Waals surface area contributed by atoms with Crippen LogP contribution in [-0.2, 0) is 35.2 Å². The van der Waals surface area contributed by atoms with E-state index in [1.165, 1.54) is 83.3 Å². The van der Waals surface area contributed by atoms with Gasteiger partial charge in [0.05, 0.1) is 12.6 Å². The van der Waals surface area contributed by atoms with Gasteiger partial charge in [-0.3, -0.25) is 28.8 Å². The first-order valence-corrected chi connectivity index (χ1v) is 20.1. The van der Waals surface area contributed by atoms with Crippen molar-refractivity contribution in [3.05, 3.63) is 29.8 Å². The first-order chi connectivity index (χ1) is 24.5. The lowest BCUT2D eigenvalue weighted by atomic mass is 10.0. The molecule has 0 radical (unpaired) electrons. The third-order valence-corrected chi connectivity index (χ3v) is 9.35. The van der Waals surface area contributed by atoms with Crippen LogP contribution in [0.2, 0.25) is 0 Å². The predicted molar refractivity (Wildman–Crippen MR) is 203 cm³/mol. The maximum absolute atomic E-state index is 13.2. The summed E-state index contributed by atoms with van der Waals surface area (Å²) in [6.45, 7) is 3.07. The van der Waals surface area contributed by atoms with E-state index in [2.05, 4.69) is 28.2 Å². The minimum absolute atomic E-state index is 0.00878. The number of phenols is 1. The van der Waals surface area contributed by atoms with E-state index in [-0.39, 0.29) is 36.7 Å². The van der Waals surface area contributed by atoms with Crippen molar-refractivity contribution < 1.29 is 33.9 Å². The number of carbonyl (C=O) groups is 6. The second-order valence-electron chi connectivity index (χ2n) is 13.3.